The number of aromatic nitrogens is 1. The first-order valence-electron chi connectivity index (χ1n) is 8.28. The SMILES string of the molecule is CS(=O)(=O)c1ccc(/C(=C\C2CCCC2)C(=O)Nc2ncc(Cl)s2)cc1. The molecule has 0 saturated heterocycles. The van der Waals surface area contributed by atoms with E-state index in [0.29, 0.717) is 26.5 Å². The number of thiazole rings is 1. The van der Waals surface area contributed by atoms with E-state index in [1.54, 1.807) is 12.1 Å². The third-order valence-electron chi connectivity index (χ3n) is 4.34. The second-order valence-corrected chi connectivity index (χ2v) is 10.0. The van der Waals surface area contributed by atoms with E-state index >= 15 is 0 Å². The van der Waals surface area contributed by atoms with E-state index in [1.165, 1.54) is 29.7 Å². The zero-order chi connectivity index (χ0) is 18.7. The molecule has 1 aromatic carbocycles. The number of allylic oxidation sites excluding steroid dienone is 1. The van der Waals surface area contributed by atoms with Gasteiger partial charge in [-0.25, -0.2) is 13.4 Å². The second-order valence-electron chi connectivity index (χ2n) is 6.35. The zero-order valence-electron chi connectivity index (χ0n) is 14.2. The molecule has 0 bridgehead atoms. The first-order chi connectivity index (χ1) is 12.3. The van der Waals surface area contributed by atoms with E-state index in [0.717, 1.165) is 31.9 Å². The van der Waals surface area contributed by atoms with Crippen molar-refractivity contribution in [2.24, 2.45) is 5.92 Å². The Morgan fingerprint density at radius 1 is 1.27 bits per heavy atom. The van der Waals surface area contributed by atoms with Gasteiger partial charge in [-0.15, -0.1) is 0 Å². The number of amides is 1. The van der Waals surface area contributed by atoms with Crippen molar-refractivity contribution in [1.82, 2.24) is 4.98 Å². The lowest BCUT2D eigenvalue weighted by Gasteiger charge is -2.11. The van der Waals surface area contributed by atoms with Crippen LogP contribution in [0.5, 0.6) is 0 Å². The number of sulfone groups is 1. The number of nitrogens with zero attached hydrogens (tertiary/aromatic N) is 1. The molecule has 2 aromatic rings. The van der Waals surface area contributed by atoms with Crippen LogP contribution in [0, 0.1) is 5.92 Å². The van der Waals surface area contributed by atoms with Crippen LogP contribution in [0.2, 0.25) is 4.34 Å². The summed E-state index contributed by atoms with van der Waals surface area (Å²) in [4.78, 5) is 17.1. The number of hydrogen-bond acceptors (Lipinski definition) is 5. The zero-order valence-corrected chi connectivity index (χ0v) is 16.6. The second kappa shape index (κ2) is 7.90. The van der Waals surface area contributed by atoms with E-state index in [4.69, 9.17) is 11.6 Å². The van der Waals surface area contributed by atoms with Crippen molar-refractivity contribution in [1.29, 1.82) is 0 Å². The van der Waals surface area contributed by atoms with Gasteiger partial charge in [0.05, 0.1) is 11.1 Å². The van der Waals surface area contributed by atoms with Gasteiger partial charge in [0, 0.05) is 11.8 Å². The van der Waals surface area contributed by atoms with Crippen LogP contribution < -0.4 is 5.32 Å². The van der Waals surface area contributed by atoms with Crippen molar-refractivity contribution in [2.75, 3.05) is 11.6 Å². The Morgan fingerprint density at radius 3 is 2.46 bits per heavy atom. The maximum absolute atomic E-state index is 12.8. The molecule has 1 heterocycles. The van der Waals surface area contributed by atoms with Gasteiger partial charge < -0.3 is 0 Å². The summed E-state index contributed by atoms with van der Waals surface area (Å²) >= 11 is 7.06. The molecule has 1 fully saturated rings. The molecule has 5 nitrogen and oxygen atoms in total. The monoisotopic (exact) mass is 410 g/mol. The predicted molar refractivity (Wildman–Crippen MR) is 105 cm³/mol. The maximum atomic E-state index is 12.8. The van der Waals surface area contributed by atoms with E-state index in [2.05, 4.69) is 10.3 Å². The molecule has 1 aromatic heterocycles. The first-order valence-corrected chi connectivity index (χ1v) is 11.4. The van der Waals surface area contributed by atoms with Crippen LogP contribution in [-0.2, 0) is 14.6 Å². The van der Waals surface area contributed by atoms with Crippen LogP contribution >= 0.6 is 22.9 Å². The molecule has 1 amide bonds. The summed E-state index contributed by atoms with van der Waals surface area (Å²) in [5.41, 5.74) is 1.22. The molecular formula is C18H19ClN2O3S2. The molecular weight excluding hydrogens is 392 g/mol. The molecule has 1 saturated carbocycles. The summed E-state index contributed by atoms with van der Waals surface area (Å²) < 4.78 is 23.8. The average molecular weight is 411 g/mol. The van der Waals surface area contributed by atoms with Crippen LogP contribution in [-0.4, -0.2) is 25.6 Å². The number of rotatable bonds is 5. The molecule has 0 unspecified atom stereocenters. The van der Waals surface area contributed by atoms with Crippen LogP contribution in [0.25, 0.3) is 5.57 Å². The lowest BCUT2D eigenvalue weighted by molar-refractivity contribution is -0.111. The summed E-state index contributed by atoms with van der Waals surface area (Å²) in [6.45, 7) is 0. The number of halogens is 1. The molecule has 26 heavy (non-hydrogen) atoms. The van der Waals surface area contributed by atoms with Crippen LogP contribution in [0.15, 0.2) is 41.4 Å². The Kier molecular flexibility index (Phi) is 5.79. The van der Waals surface area contributed by atoms with E-state index in [-0.39, 0.29) is 10.8 Å². The summed E-state index contributed by atoms with van der Waals surface area (Å²) in [6.07, 6.45) is 9.07. The minimum Gasteiger partial charge on any atom is -0.298 e. The lowest BCUT2D eigenvalue weighted by Crippen LogP contribution is -2.14. The smallest absolute Gasteiger partial charge is 0.257 e. The third-order valence-corrected chi connectivity index (χ3v) is 6.50. The van der Waals surface area contributed by atoms with Gasteiger partial charge in [-0.3, -0.25) is 10.1 Å². The number of benzene rings is 1. The van der Waals surface area contributed by atoms with Gasteiger partial charge in [0.1, 0.15) is 4.34 Å². The Bertz CT molecular complexity index is 928. The molecule has 1 aliphatic carbocycles. The molecule has 0 radical (unpaired) electrons. The van der Waals surface area contributed by atoms with Gasteiger partial charge in [-0.1, -0.05) is 54.0 Å². The van der Waals surface area contributed by atoms with E-state index in [1.807, 2.05) is 6.08 Å². The molecule has 0 aliphatic heterocycles. The molecule has 1 N–H and O–H groups in total. The summed E-state index contributed by atoms with van der Waals surface area (Å²) in [5.74, 6) is 0.0836. The fourth-order valence-electron chi connectivity index (χ4n) is 3.02. The highest BCUT2D eigenvalue weighted by atomic mass is 35.5. The van der Waals surface area contributed by atoms with Crippen LogP contribution in [0.1, 0.15) is 31.2 Å². The largest absolute Gasteiger partial charge is 0.298 e. The molecule has 1 aliphatic rings. The highest BCUT2D eigenvalue weighted by molar-refractivity contribution is 7.90. The van der Waals surface area contributed by atoms with Gasteiger partial charge in [-0.2, -0.15) is 0 Å². The van der Waals surface area contributed by atoms with Gasteiger partial charge in [0.2, 0.25) is 0 Å². The minimum atomic E-state index is -3.28. The van der Waals surface area contributed by atoms with Crippen molar-refractivity contribution < 1.29 is 13.2 Å². The fraction of sp³-hybridized carbons (Fsp3) is 0.333. The first kappa shape index (κ1) is 19.1. The number of anilines is 1. The standard InChI is InChI=1S/C18H19ClN2O3S2/c1-26(23,24)14-8-6-13(7-9-14)15(10-12-4-2-3-5-12)17(22)21-18-20-11-16(19)25-18/h6-12H,2-5H2,1H3,(H,20,21,22)/b15-10+. The molecule has 0 atom stereocenters. The minimum absolute atomic E-state index is 0.230. The topological polar surface area (TPSA) is 76.1 Å². The Labute approximate surface area is 162 Å². The normalized spacial score (nSPS) is 16.0. The highest BCUT2D eigenvalue weighted by Gasteiger charge is 2.20. The fourth-order valence-corrected chi connectivity index (χ4v) is 4.46. The van der Waals surface area contributed by atoms with Crippen molar-refractivity contribution >= 4 is 49.4 Å². The molecule has 8 heteroatoms. The van der Waals surface area contributed by atoms with Crippen LogP contribution in [0.3, 0.4) is 0 Å². The van der Waals surface area contributed by atoms with E-state index < -0.39 is 9.84 Å². The Balaban J connectivity index is 1.91. The van der Waals surface area contributed by atoms with Crippen molar-refractivity contribution in [3.8, 4) is 0 Å². The van der Waals surface area contributed by atoms with Gasteiger partial charge in [0.25, 0.3) is 5.91 Å². The van der Waals surface area contributed by atoms with Gasteiger partial charge in [-0.05, 0) is 36.5 Å². The molecule has 0 spiro atoms. The maximum Gasteiger partial charge on any atom is 0.257 e. The highest BCUT2D eigenvalue weighted by Crippen LogP contribution is 2.31. The van der Waals surface area contributed by atoms with Gasteiger partial charge >= 0.3 is 0 Å². The number of nitrogens with one attached hydrogen (secondary N) is 1. The Morgan fingerprint density at radius 2 is 1.92 bits per heavy atom. The molecule has 138 valence electrons. The quantitative estimate of drug-likeness (QED) is 0.740. The number of carbonyl (C=O) groups excluding carboxylic acids is 1. The van der Waals surface area contributed by atoms with Crippen molar-refractivity contribution in [3.05, 3.63) is 46.4 Å². The predicted octanol–water partition coefficient (Wildman–Crippen LogP) is 4.41. The average Bonchev–Trinajstić information content (AvgIpc) is 3.23. The van der Waals surface area contributed by atoms with Crippen molar-refractivity contribution in [2.45, 2.75) is 30.6 Å². The molecule has 3 rings (SSSR count). The summed E-state index contributed by atoms with van der Waals surface area (Å²) in [5, 5.41) is 3.21. The van der Waals surface area contributed by atoms with Crippen molar-refractivity contribution in [3.63, 3.8) is 0 Å². The van der Waals surface area contributed by atoms with E-state index in [9.17, 15) is 13.2 Å². The van der Waals surface area contributed by atoms with Gasteiger partial charge in [0.15, 0.2) is 15.0 Å². The lowest BCUT2D eigenvalue weighted by atomic mass is 9.98. The number of hydrogen-bond donors (Lipinski definition) is 1. The Hall–Kier alpha value is -1.70. The van der Waals surface area contributed by atoms with Crippen LogP contribution in [0.4, 0.5) is 5.13 Å². The summed E-state index contributed by atoms with van der Waals surface area (Å²) in [6, 6.07) is 6.40. The number of carbonyl (C=O) groups is 1. The third kappa shape index (κ3) is 4.72. The summed E-state index contributed by atoms with van der Waals surface area (Å²) in [7, 11) is -3.28.